The number of furan rings is 1. The van der Waals surface area contributed by atoms with Gasteiger partial charge in [-0.15, -0.1) is 0 Å². The maximum atomic E-state index is 5.49. The molecule has 0 aromatic carbocycles. The third-order valence-electron chi connectivity index (χ3n) is 1.42. The van der Waals surface area contributed by atoms with Crippen LogP contribution in [0.1, 0.15) is 0 Å². The molecule has 2 aromatic rings. The van der Waals surface area contributed by atoms with Crippen LogP contribution < -0.4 is 11.6 Å². The lowest BCUT2D eigenvalue weighted by atomic mass is 10.5. The van der Waals surface area contributed by atoms with Crippen molar-refractivity contribution >= 4 is 17.0 Å². The van der Waals surface area contributed by atoms with Gasteiger partial charge in [-0.25, -0.2) is 0 Å². The third-order valence-corrected chi connectivity index (χ3v) is 1.42. The fourth-order valence-electron chi connectivity index (χ4n) is 0.964. The summed E-state index contributed by atoms with van der Waals surface area (Å²) in [5.74, 6) is 5.88. The van der Waals surface area contributed by atoms with Gasteiger partial charge in [0.1, 0.15) is 5.52 Å². The molecule has 0 aliphatic rings. The molecule has 0 aliphatic carbocycles. The zero-order valence-corrected chi connectivity index (χ0v) is 5.24. The molecule has 0 spiro atoms. The number of nitrogen functional groups attached to an aromatic ring is 2. The van der Waals surface area contributed by atoms with Gasteiger partial charge in [-0.3, -0.25) is 4.68 Å². The van der Waals surface area contributed by atoms with Gasteiger partial charge in [-0.05, 0) is 0 Å². The fourth-order valence-corrected chi connectivity index (χ4v) is 0.964. The molecule has 0 amide bonds. The van der Waals surface area contributed by atoms with Crippen LogP contribution in [0.25, 0.3) is 11.1 Å². The van der Waals surface area contributed by atoms with Crippen molar-refractivity contribution in [1.29, 1.82) is 0 Å². The van der Waals surface area contributed by atoms with Crippen molar-refractivity contribution in [1.82, 2.24) is 4.68 Å². The molecule has 2 heterocycles. The van der Waals surface area contributed by atoms with Gasteiger partial charge >= 0.3 is 0 Å². The number of nitrogens with zero attached hydrogens (tertiary/aromatic N) is 1. The van der Waals surface area contributed by atoms with Crippen LogP contribution in [-0.2, 0) is 0 Å². The highest BCUT2D eigenvalue weighted by atomic mass is 16.3. The maximum absolute atomic E-state index is 5.49. The lowest BCUT2D eigenvalue weighted by molar-refractivity contribution is 0.638. The van der Waals surface area contributed by atoms with Crippen LogP contribution in [0.2, 0.25) is 0 Å². The summed E-state index contributed by atoms with van der Waals surface area (Å²) in [5.41, 5.74) is 6.91. The molecule has 4 heteroatoms. The van der Waals surface area contributed by atoms with E-state index in [-0.39, 0.29) is 0 Å². The van der Waals surface area contributed by atoms with Crippen molar-refractivity contribution in [2.45, 2.75) is 0 Å². The van der Waals surface area contributed by atoms with Crippen molar-refractivity contribution in [2.75, 3.05) is 11.6 Å². The highest BCUT2D eigenvalue weighted by Crippen LogP contribution is 2.19. The van der Waals surface area contributed by atoms with Crippen LogP contribution >= 0.6 is 0 Å². The Bertz CT molecular complexity index is 360. The molecule has 10 heavy (non-hydrogen) atoms. The Labute approximate surface area is 57.0 Å². The predicted molar refractivity (Wildman–Crippen MR) is 38.8 cm³/mol. The van der Waals surface area contributed by atoms with Crippen LogP contribution in [0.3, 0.4) is 0 Å². The van der Waals surface area contributed by atoms with Gasteiger partial charge in [-0.2, -0.15) is 0 Å². The standard InChI is InChI=1S/C6H7N3O/c7-6-3-4-5(10-6)1-2-9(4)8/h1-3H,7-8H2. The number of nitrogens with two attached hydrogens (primary N) is 2. The molecule has 4 nitrogen and oxygen atoms in total. The largest absolute Gasteiger partial charge is 0.439 e. The first-order valence-corrected chi connectivity index (χ1v) is 2.89. The monoisotopic (exact) mass is 137 g/mol. The Morgan fingerprint density at radius 1 is 1.50 bits per heavy atom. The molecule has 0 atom stereocenters. The second-order valence-corrected chi connectivity index (χ2v) is 2.12. The second-order valence-electron chi connectivity index (χ2n) is 2.12. The van der Waals surface area contributed by atoms with Gasteiger partial charge in [0.05, 0.1) is 0 Å². The number of fused-ring (bicyclic) bond motifs is 1. The minimum absolute atomic E-state index is 0.393. The molecule has 0 saturated carbocycles. The lowest BCUT2D eigenvalue weighted by Gasteiger charge is -1.86. The average Bonchev–Trinajstić information content (AvgIpc) is 2.35. The van der Waals surface area contributed by atoms with E-state index in [2.05, 4.69) is 0 Å². The number of hydrogen-bond donors (Lipinski definition) is 2. The molecule has 0 radical (unpaired) electrons. The molecule has 2 rings (SSSR count). The van der Waals surface area contributed by atoms with Crippen molar-refractivity contribution in [3.8, 4) is 0 Å². The minimum Gasteiger partial charge on any atom is -0.439 e. The SMILES string of the molecule is Nc1cc2c(ccn2N)o1. The van der Waals surface area contributed by atoms with Gasteiger partial charge in [0.2, 0.25) is 0 Å². The van der Waals surface area contributed by atoms with E-state index in [1.165, 1.54) is 4.68 Å². The summed E-state index contributed by atoms with van der Waals surface area (Å²) in [6.45, 7) is 0. The van der Waals surface area contributed by atoms with Gasteiger partial charge in [0, 0.05) is 18.3 Å². The normalized spacial score (nSPS) is 10.8. The van der Waals surface area contributed by atoms with E-state index in [1.807, 2.05) is 0 Å². The highest BCUT2D eigenvalue weighted by Gasteiger charge is 2.02. The molecule has 4 N–H and O–H groups in total. The second kappa shape index (κ2) is 1.47. The van der Waals surface area contributed by atoms with Gasteiger partial charge < -0.3 is 16.0 Å². The van der Waals surface area contributed by atoms with E-state index < -0.39 is 0 Å². The van der Waals surface area contributed by atoms with Gasteiger partial charge in [0.25, 0.3) is 0 Å². The average molecular weight is 137 g/mol. The van der Waals surface area contributed by atoms with E-state index in [1.54, 1.807) is 18.3 Å². The van der Waals surface area contributed by atoms with Crippen LogP contribution in [-0.4, -0.2) is 4.68 Å². The Kier molecular flexibility index (Phi) is 0.768. The Hall–Kier alpha value is -1.58. The van der Waals surface area contributed by atoms with Crippen LogP contribution in [0.15, 0.2) is 22.7 Å². The fraction of sp³-hybridized carbons (Fsp3) is 0. The zero-order chi connectivity index (χ0) is 7.14. The first-order valence-electron chi connectivity index (χ1n) is 2.89. The first kappa shape index (κ1) is 5.22. The molecule has 0 unspecified atom stereocenters. The van der Waals surface area contributed by atoms with E-state index in [9.17, 15) is 0 Å². The molecule has 0 fully saturated rings. The van der Waals surface area contributed by atoms with Gasteiger partial charge in [-0.1, -0.05) is 0 Å². The van der Waals surface area contributed by atoms with Crippen LogP contribution in [0.4, 0.5) is 5.88 Å². The summed E-state index contributed by atoms with van der Waals surface area (Å²) >= 11 is 0. The summed E-state index contributed by atoms with van der Waals surface area (Å²) in [6, 6.07) is 3.46. The number of anilines is 1. The van der Waals surface area contributed by atoms with Crippen molar-refractivity contribution in [3.63, 3.8) is 0 Å². The molecular weight excluding hydrogens is 130 g/mol. The summed E-state index contributed by atoms with van der Waals surface area (Å²) in [4.78, 5) is 0. The lowest BCUT2D eigenvalue weighted by Crippen LogP contribution is -2.04. The third kappa shape index (κ3) is 0.500. The van der Waals surface area contributed by atoms with E-state index in [0.29, 0.717) is 5.88 Å². The predicted octanol–water partition coefficient (Wildman–Crippen LogP) is 0.530. The highest BCUT2D eigenvalue weighted by molar-refractivity contribution is 5.77. The van der Waals surface area contributed by atoms with Crippen molar-refractivity contribution in [3.05, 3.63) is 18.3 Å². The summed E-state index contributed by atoms with van der Waals surface area (Å²) in [6.07, 6.45) is 1.72. The summed E-state index contributed by atoms with van der Waals surface area (Å²) < 4.78 is 6.53. The molecule has 0 aliphatic heterocycles. The Balaban J connectivity index is 2.90. The Morgan fingerprint density at radius 3 is 3.00 bits per heavy atom. The molecule has 2 aromatic heterocycles. The molecule has 0 bridgehead atoms. The quantitative estimate of drug-likeness (QED) is 0.520. The van der Waals surface area contributed by atoms with E-state index in [0.717, 1.165) is 11.1 Å². The molecule has 52 valence electrons. The molecule has 0 saturated heterocycles. The smallest absolute Gasteiger partial charge is 0.193 e. The van der Waals surface area contributed by atoms with Crippen LogP contribution in [0.5, 0.6) is 0 Å². The van der Waals surface area contributed by atoms with E-state index in [4.69, 9.17) is 16.0 Å². The Morgan fingerprint density at radius 2 is 2.30 bits per heavy atom. The number of hydrogen-bond acceptors (Lipinski definition) is 3. The maximum Gasteiger partial charge on any atom is 0.193 e. The number of rotatable bonds is 0. The minimum atomic E-state index is 0.393. The topological polar surface area (TPSA) is 70.1 Å². The summed E-state index contributed by atoms with van der Waals surface area (Å²) in [7, 11) is 0. The van der Waals surface area contributed by atoms with Gasteiger partial charge in [0.15, 0.2) is 11.5 Å². The molecular formula is C6H7N3O. The number of aromatic nitrogens is 1. The zero-order valence-electron chi connectivity index (χ0n) is 5.24. The van der Waals surface area contributed by atoms with E-state index >= 15 is 0 Å². The van der Waals surface area contributed by atoms with Crippen molar-refractivity contribution < 1.29 is 4.42 Å². The van der Waals surface area contributed by atoms with Crippen LogP contribution in [0, 0.1) is 0 Å². The summed E-state index contributed by atoms with van der Waals surface area (Å²) in [5, 5.41) is 0. The van der Waals surface area contributed by atoms with Crippen molar-refractivity contribution in [2.24, 2.45) is 0 Å². The first-order chi connectivity index (χ1) is 4.77.